The van der Waals surface area contributed by atoms with Crippen molar-refractivity contribution >= 4 is 16.7 Å². The topological polar surface area (TPSA) is 55.2 Å². The Morgan fingerprint density at radius 1 is 1.32 bits per heavy atom. The molecular weight excluding hydrogens is 242 g/mol. The molecule has 0 bridgehead atoms. The van der Waals surface area contributed by atoms with E-state index in [1.54, 1.807) is 12.1 Å². The smallest absolute Gasteiger partial charge is 0.261 e. The van der Waals surface area contributed by atoms with Gasteiger partial charge in [0.25, 0.3) is 5.56 Å². The van der Waals surface area contributed by atoms with Gasteiger partial charge in [-0.1, -0.05) is 12.1 Å². The molecule has 100 valence electrons. The summed E-state index contributed by atoms with van der Waals surface area (Å²) in [4.78, 5) is 30.2. The molecule has 0 aliphatic rings. The van der Waals surface area contributed by atoms with Crippen molar-refractivity contribution < 1.29 is 4.79 Å². The first-order valence-electron chi connectivity index (χ1n) is 6.11. The van der Waals surface area contributed by atoms with Crippen molar-refractivity contribution in [1.29, 1.82) is 0 Å². The Morgan fingerprint density at radius 2 is 2.00 bits per heavy atom. The first kappa shape index (κ1) is 13.4. The second kappa shape index (κ2) is 5.32. The summed E-state index contributed by atoms with van der Waals surface area (Å²) in [5, 5.41) is 0.547. The molecule has 0 atom stereocenters. The average molecular weight is 259 g/mol. The van der Waals surface area contributed by atoms with Gasteiger partial charge in [-0.2, -0.15) is 0 Å². The third-order valence-electron chi connectivity index (χ3n) is 2.78. The minimum atomic E-state index is -0.155. The third-order valence-corrected chi connectivity index (χ3v) is 2.78. The molecule has 5 nitrogen and oxygen atoms in total. The number of benzene rings is 1. The molecule has 0 saturated heterocycles. The number of hydrogen-bond acceptors (Lipinski definition) is 4. The Kier molecular flexibility index (Phi) is 3.76. The lowest BCUT2D eigenvalue weighted by atomic mass is 10.2. The number of aromatic nitrogens is 2. The summed E-state index contributed by atoms with van der Waals surface area (Å²) >= 11 is 0. The van der Waals surface area contributed by atoms with Gasteiger partial charge in [0.15, 0.2) is 0 Å². The zero-order valence-electron chi connectivity index (χ0n) is 11.4. The van der Waals surface area contributed by atoms with Crippen LogP contribution in [0.3, 0.4) is 0 Å². The number of hydrogen-bond donors (Lipinski definition) is 0. The number of nitrogens with zero attached hydrogens (tertiary/aromatic N) is 3. The summed E-state index contributed by atoms with van der Waals surface area (Å²) in [5.74, 6) is 0.558. The summed E-state index contributed by atoms with van der Waals surface area (Å²) in [6.07, 6.45) is 0. The lowest BCUT2D eigenvalue weighted by Crippen LogP contribution is -2.30. The number of Topliss-reactive ketones (excluding diaryl/α,β-unsaturated/α-hetero) is 1. The maximum Gasteiger partial charge on any atom is 0.261 e. The molecule has 0 aliphatic carbocycles. The van der Waals surface area contributed by atoms with Gasteiger partial charge >= 0.3 is 0 Å². The van der Waals surface area contributed by atoms with Crippen LogP contribution in [0, 0.1) is 0 Å². The van der Waals surface area contributed by atoms with Gasteiger partial charge < -0.3 is 4.90 Å². The van der Waals surface area contributed by atoms with Crippen LogP contribution in [0.5, 0.6) is 0 Å². The first-order valence-corrected chi connectivity index (χ1v) is 6.11. The molecule has 0 saturated carbocycles. The molecule has 2 aromatic rings. The fraction of sp³-hybridized carbons (Fsp3) is 0.357. The second-order valence-corrected chi connectivity index (χ2v) is 4.88. The molecule has 0 N–H and O–H groups in total. The first-order chi connectivity index (χ1) is 8.99. The highest BCUT2D eigenvalue weighted by molar-refractivity contribution is 5.79. The minimum Gasteiger partial charge on any atom is -0.302 e. The van der Waals surface area contributed by atoms with Crippen LogP contribution < -0.4 is 5.56 Å². The predicted octanol–water partition coefficient (Wildman–Crippen LogP) is 1.05. The molecule has 19 heavy (non-hydrogen) atoms. The van der Waals surface area contributed by atoms with Gasteiger partial charge in [-0.05, 0) is 33.2 Å². The van der Waals surface area contributed by atoms with Crippen LogP contribution in [0.2, 0.25) is 0 Å². The Bertz CT molecular complexity index is 674. The lowest BCUT2D eigenvalue weighted by Gasteiger charge is -2.15. The molecule has 1 heterocycles. The SMILES string of the molecule is CC(=O)Cn1c(CN(C)C)nc2ccccc2c1=O. The number of ketones is 1. The zero-order chi connectivity index (χ0) is 14.0. The summed E-state index contributed by atoms with van der Waals surface area (Å²) in [7, 11) is 3.80. The highest BCUT2D eigenvalue weighted by atomic mass is 16.1. The Labute approximate surface area is 111 Å². The summed E-state index contributed by atoms with van der Waals surface area (Å²) < 4.78 is 1.46. The van der Waals surface area contributed by atoms with E-state index >= 15 is 0 Å². The number of carbonyl (C=O) groups is 1. The predicted molar refractivity (Wildman–Crippen MR) is 74.1 cm³/mol. The van der Waals surface area contributed by atoms with E-state index in [9.17, 15) is 9.59 Å². The normalized spacial score (nSPS) is 11.2. The Morgan fingerprint density at radius 3 is 2.63 bits per heavy atom. The van der Waals surface area contributed by atoms with Crippen molar-refractivity contribution in [3.05, 3.63) is 40.4 Å². The van der Waals surface area contributed by atoms with Gasteiger partial charge in [0.1, 0.15) is 11.6 Å². The molecule has 0 aliphatic heterocycles. The van der Waals surface area contributed by atoms with E-state index in [1.165, 1.54) is 11.5 Å². The van der Waals surface area contributed by atoms with Crippen LogP contribution in [0.4, 0.5) is 0 Å². The van der Waals surface area contributed by atoms with Crippen LogP contribution in [-0.2, 0) is 17.9 Å². The number of para-hydroxylation sites is 1. The zero-order valence-corrected chi connectivity index (χ0v) is 11.4. The van der Waals surface area contributed by atoms with Gasteiger partial charge in [-0.3, -0.25) is 14.2 Å². The molecule has 1 aromatic heterocycles. The Balaban J connectivity index is 2.69. The van der Waals surface area contributed by atoms with E-state index in [1.807, 2.05) is 31.1 Å². The minimum absolute atomic E-state index is 0.0563. The monoisotopic (exact) mass is 259 g/mol. The molecule has 1 aromatic carbocycles. The largest absolute Gasteiger partial charge is 0.302 e. The summed E-state index contributed by atoms with van der Waals surface area (Å²) in [6.45, 7) is 2.06. The molecule has 5 heteroatoms. The van der Waals surface area contributed by atoms with Crippen LogP contribution in [0.25, 0.3) is 10.9 Å². The van der Waals surface area contributed by atoms with Crippen molar-refractivity contribution in [3.8, 4) is 0 Å². The van der Waals surface area contributed by atoms with E-state index in [4.69, 9.17) is 0 Å². The quantitative estimate of drug-likeness (QED) is 0.823. The van der Waals surface area contributed by atoms with E-state index in [-0.39, 0.29) is 17.9 Å². The van der Waals surface area contributed by atoms with Gasteiger partial charge in [0.2, 0.25) is 0 Å². The maximum absolute atomic E-state index is 12.4. The highest BCUT2D eigenvalue weighted by Crippen LogP contribution is 2.09. The Hall–Kier alpha value is -2.01. The molecular formula is C14H17N3O2. The fourth-order valence-electron chi connectivity index (χ4n) is 2.00. The van der Waals surface area contributed by atoms with Crippen molar-refractivity contribution in [2.75, 3.05) is 14.1 Å². The van der Waals surface area contributed by atoms with Crippen molar-refractivity contribution in [2.45, 2.75) is 20.0 Å². The molecule has 2 rings (SSSR count). The van der Waals surface area contributed by atoms with Crippen molar-refractivity contribution in [3.63, 3.8) is 0 Å². The van der Waals surface area contributed by atoms with Crippen LogP contribution in [0.1, 0.15) is 12.7 Å². The lowest BCUT2D eigenvalue weighted by molar-refractivity contribution is -0.117. The van der Waals surface area contributed by atoms with Gasteiger partial charge in [0.05, 0.1) is 24.0 Å². The maximum atomic E-state index is 12.4. The summed E-state index contributed by atoms with van der Waals surface area (Å²) in [6, 6.07) is 7.20. The standard InChI is InChI=1S/C14H17N3O2/c1-10(18)8-17-13(9-16(2)3)15-12-7-5-4-6-11(12)14(17)19/h4-7H,8-9H2,1-3H3. The number of rotatable bonds is 4. The highest BCUT2D eigenvalue weighted by Gasteiger charge is 2.12. The number of carbonyl (C=O) groups excluding carboxylic acids is 1. The average Bonchev–Trinajstić information content (AvgIpc) is 2.33. The van der Waals surface area contributed by atoms with E-state index in [0.717, 1.165) is 0 Å². The third kappa shape index (κ3) is 2.88. The van der Waals surface area contributed by atoms with E-state index in [0.29, 0.717) is 23.3 Å². The van der Waals surface area contributed by atoms with Crippen LogP contribution >= 0.6 is 0 Å². The van der Waals surface area contributed by atoms with Crippen molar-refractivity contribution in [2.24, 2.45) is 0 Å². The van der Waals surface area contributed by atoms with E-state index < -0.39 is 0 Å². The molecule has 0 amide bonds. The molecule has 0 fully saturated rings. The van der Waals surface area contributed by atoms with Crippen LogP contribution in [0.15, 0.2) is 29.1 Å². The molecule has 0 radical (unpaired) electrons. The van der Waals surface area contributed by atoms with Crippen molar-refractivity contribution in [1.82, 2.24) is 14.5 Å². The van der Waals surface area contributed by atoms with Gasteiger partial charge in [-0.25, -0.2) is 4.98 Å². The molecule has 0 unspecified atom stereocenters. The number of fused-ring (bicyclic) bond motifs is 1. The van der Waals surface area contributed by atoms with Gasteiger partial charge in [0, 0.05) is 0 Å². The van der Waals surface area contributed by atoms with E-state index in [2.05, 4.69) is 4.98 Å². The van der Waals surface area contributed by atoms with Crippen LogP contribution in [-0.4, -0.2) is 34.3 Å². The second-order valence-electron chi connectivity index (χ2n) is 4.88. The fourth-order valence-corrected chi connectivity index (χ4v) is 2.00. The molecule has 0 spiro atoms. The summed E-state index contributed by atoms with van der Waals surface area (Å²) in [5.41, 5.74) is 0.516. The van der Waals surface area contributed by atoms with Gasteiger partial charge in [-0.15, -0.1) is 0 Å².